The molecule has 7 nitrogen and oxygen atoms in total. The maximum absolute atomic E-state index is 11.9. The maximum Gasteiger partial charge on any atom is 0.265 e. The third-order valence-corrected chi connectivity index (χ3v) is 3.17. The van der Waals surface area contributed by atoms with E-state index in [-0.39, 0.29) is 12.2 Å². The van der Waals surface area contributed by atoms with Crippen LogP contribution in [-0.4, -0.2) is 36.3 Å². The van der Waals surface area contributed by atoms with E-state index in [0.717, 1.165) is 11.1 Å². The summed E-state index contributed by atoms with van der Waals surface area (Å²) >= 11 is 0. The predicted octanol–water partition coefficient (Wildman–Crippen LogP) is 1.04. The van der Waals surface area contributed by atoms with Crippen LogP contribution in [0.4, 0.5) is 0 Å². The monoisotopic (exact) mass is 295 g/mol. The van der Waals surface area contributed by atoms with Crippen LogP contribution in [0.15, 0.2) is 49.3 Å². The number of pyridine rings is 1. The molecule has 22 heavy (non-hydrogen) atoms. The average Bonchev–Trinajstić information content (AvgIpc) is 3.19. The summed E-state index contributed by atoms with van der Waals surface area (Å²) in [5, 5.41) is 5.96. The largest absolute Gasteiger partial charge is 0.350 e. The highest BCUT2D eigenvalue weighted by atomic mass is 16.2. The van der Waals surface area contributed by atoms with Gasteiger partial charge in [0.2, 0.25) is 5.78 Å². The van der Waals surface area contributed by atoms with Crippen LogP contribution in [0.1, 0.15) is 21.7 Å². The van der Waals surface area contributed by atoms with Gasteiger partial charge in [0.25, 0.3) is 5.78 Å². The zero-order valence-corrected chi connectivity index (χ0v) is 11.6. The number of hydrogen-bond donors (Lipinski definition) is 1. The van der Waals surface area contributed by atoms with Crippen molar-refractivity contribution in [3.63, 3.8) is 0 Å². The van der Waals surface area contributed by atoms with Crippen LogP contribution in [0.25, 0.3) is 0 Å². The van der Waals surface area contributed by atoms with E-state index in [1.807, 2.05) is 35.2 Å². The lowest BCUT2D eigenvalue weighted by molar-refractivity contribution is -0.114. The van der Waals surface area contributed by atoms with Crippen LogP contribution in [0.5, 0.6) is 0 Å². The van der Waals surface area contributed by atoms with E-state index in [0.29, 0.717) is 6.54 Å². The lowest BCUT2D eigenvalue weighted by Crippen LogP contribution is -2.18. The van der Waals surface area contributed by atoms with Gasteiger partial charge in [0.15, 0.2) is 5.82 Å². The number of aromatic amines is 1. The summed E-state index contributed by atoms with van der Waals surface area (Å²) in [5.41, 5.74) is 1.90. The number of ketones is 2. The van der Waals surface area contributed by atoms with Gasteiger partial charge in [-0.25, -0.2) is 4.98 Å². The molecule has 3 aromatic rings. The lowest BCUT2D eigenvalue weighted by Gasteiger charge is -2.02. The van der Waals surface area contributed by atoms with E-state index in [4.69, 9.17) is 0 Å². The van der Waals surface area contributed by atoms with Crippen molar-refractivity contribution in [2.45, 2.75) is 13.0 Å². The van der Waals surface area contributed by atoms with E-state index in [2.05, 4.69) is 20.2 Å². The highest BCUT2D eigenvalue weighted by Gasteiger charge is 2.19. The van der Waals surface area contributed by atoms with Gasteiger partial charge in [-0.1, -0.05) is 0 Å². The molecule has 0 aromatic carbocycles. The molecular weight excluding hydrogens is 282 g/mol. The molecule has 3 rings (SSSR count). The highest BCUT2D eigenvalue weighted by molar-refractivity contribution is 6.43. The van der Waals surface area contributed by atoms with Gasteiger partial charge in [-0.05, 0) is 29.3 Å². The molecule has 3 aromatic heterocycles. The van der Waals surface area contributed by atoms with Gasteiger partial charge in [-0.15, -0.1) is 0 Å². The molecule has 0 atom stereocenters. The van der Waals surface area contributed by atoms with Crippen molar-refractivity contribution < 1.29 is 9.59 Å². The van der Waals surface area contributed by atoms with Gasteiger partial charge < -0.3 is 4.57 Å². The summed E-state index contributed by atoms with van der Waals surface area (Å²) in [5.74, 6) is -1.20. The Morgan fingerprint density at radius 3 is 2.68 bits per heavy atom. The Kier molecular flexibility index (Phi) is 3.86. The van der Waals surface area contributed by atoms with E-state index >= 15 is 0 Å². The summed E-state index contributed by atoms with van der Waals surface area (Å²) in [7, 11) is 0. The summed E-state index contributed by atoms with van der Waals surface area (Å²) in [6, 6.07) is 5.68. The Labute approximate surface area is 126 Å². The minimum absolute atomic E-state index is 0.0266. The third-order valence-electron chi connectivity index (χ3n) is 3.17. The first-order valence-corrected chi connectivity index (χ1v) is 6.69. The first kappa shape index (κ1) is 13.9. The van der Waals surface area contributed by atoms with Crippen LogP contribution >= 0.6 is 0 Å². The summed E-state index contributed by atoms with van der Waals surface area (Å²) in [6.45, 7) is 0.687. The first-order chi connectivity index (χ1) is 10.7. The summed E-state index contributed by atoms with van der Waals surface area (Å²) < 4.78 is 1.96. The van der Waals surface area contributed by atoms with Gasteiger partial charge in [-0.2, -0.15) is 5.10 Å². The summed E-state index contributed by atoms with van der Waals surface area (Å²) in [6.07, 6.45) is 8.45. The Balaban J connectivity index is 1.64. The smallest absolute Gasteiger partial charge is 0.265 e. The number of hydrogen-bond acceptors (Lipinski definition) is 5. The van der Waals surface area contributed by atoms with E-state index in [1.54, 1.807) is 12.4 Å². The second kappa shape index (κ2) is 6.13. The Hall–Kier alpha value is -3.09. The van der Waals surface area contributed by atoms with Crippen molar-refractivity contribution in [2.24, 2.45) is 0 Å². The number of Topliss-reactive ketones (excluding diaryl/α,β-unsaturated/α-hetero) is 2. The molecule has 3 heterocycles. The number of aromatic nitrogens is 5. The van der Waals surface area contributed by atoms with Gasteiger partial charge >= 0.3 is 0 Å². The Morgan fingerprint density at radius 2 is 1.95 bits per heavy atom. The lowest BCUT2D eigenvalue weighted by atomic mass is 10.1. The molecule has 110 valence electrons. The second-order valence-corrected chi connectivity index (χ2v) is 4.81. The van der Waals surface area contributed by atoms with Crippen molar-refractivity contribution in [1.29, 1.82) is 0 Å². The SMILES string of the molecule is O=C(Cc1ccn(Cc2ccncc2)c1)C(=O)c1ncn[nH]1. The minimum Gasteiger partial charge on any atom is -0.350 e. The summed E-state index contributed by atoms with van der Waals surface area (Å²) in [4.78, 5) is 31.4. The van der Waals surface area contributed by atoms with Crippen LogP contribution in [0.3, 0.4) is 0 Å². The van der Waals surface area contributed by atoms with E-state index in [9.17, 15) is 9.59 Å². The Morgan fingerprint density at radius 1 is 1.14 bits per heavy atom. The van der Waals surface area contributed by atoms with Crippen molar-refractivity contribution in [3.8, 4) is 0 Å². The van der Waals surface area contributed by atoms with E-state index in [1.165, 1.54) is 6.33 Å². The van der Waals surface area contributed by atoms with Crippen molar-refractivity contribution in [2.75, 3.05) is 0 Å². The Bertz CT molecular complexity index is 777. The molecule has 0 amide bonds. The fourth-order valence-electron chi connectivity index (χ4n) is 2.11. The van der Waals surface area contributed by atoms with Gasteiger partial charge in [-0.3, -0.25) is 19.7 Å². The van der Waals surface area contributed by atoms with Gasteiger partial charge in [0.1, 0.15) is 6.33 Å². The maximum atomic E-state index is 11.9. The number of rotatable bonds is 6. The van der Waals surface area contributed by atoms with Crippen LogP contribution in [-0.2, 0) is 17.8 Å². The molecule has 0 radical (unpaired) electrons. The van der Waals surface area contributed by atoms with Crippen molar-refractivity contribution in [3.05, 3.63) is 66.3 Å². The number of nitrogens with one attached hydrogen (secondary N) is 1. The quantitative estimate of drug-likeness (QED) is 0.542. The zero-order chi connectivity index (χ0) is 15.4. The fraction of sp³-hybridized carbons (Fsp3) is 0.133. The molecule has 0 saturated carbocycles. The van der Waals surface area contributed by atoms with Crippen LogP contribution in [0.2, 0.25) is 0 Å². The standard InChI is InChI=1S/C15H13N5O2/c21-13(14(22)15-17-10-18-19-15)7-12-3-6-20(9-12)8-11-1-4-16-5-2-11/h1-6,9-10H,7-8H2,(H,17,18,19). The van der Waals surface area contributed by atoms with E-state index < -0.39 is 11.6 Å². The minimum atomic E-state index is -0.653. The molecule has 0 bridgehead atoms. The molecule has 0 aliphatic carbocycles. The topological polar surface area (TPSA) is 93.5 Å². The van der Waals surface area contributed by atoms with Crippen molar-refractivity contribution in [1.82, 2.24) is 24.7 Å². The second-order valence-electron chi connectivity index (χ2n) is 4.81. The highest BCUT2D eigenvalue weighted by Crippen LogP contribution is 2.08. The number of carbonyl (C=O) groups is 2. The van der Waals surface area contributed by atoms with Crippen LogP contribution < -0.4 is 0 Å². The molecule has 7 heteroatoms. The first-order valence-electron chi connectivity index (χ1n) is 6.69. The number of carbonyl (C=O) groups excluding carboxylic acids is 2. The molecule has 0 spiro atoms. The molecule has 1 N–H and O–H groups in total. The third kappa shape index (κ3) is 3.14. The number of nitrogens with zero attached hydrogens (tertiary/aromatic N) is 4. The average molecular weight is 295 g/mol. The molecule has 0 fully saturated rings. The molecule has 0 aliphatic rings. The van der Waals surface area contributed by atoms with Gasteiger partial charge in [0.05, 0.1) is 0 Å². The molecule has 0 unspecified atom stereocenters. The molecular formula is C15H13N5O2. The fourth-order valence-corrected chi connectivity index (χ4v) is 2.11. The number of H-pyrrole nitrogens is 1. The molecule has 0 saturated heterocycles. The van der Waals surface area contributed by atoms with Crippen LogP contribution in [0, 0.1) is 0 Å². The normalized spacial score (nSPS) is 10.5. The van der Waals surface area contributed by atoms with Gasteiger partial charge in [0, 0.05) is 37.8 Å². The zero-order valence-electron chi connectivity index (χ0n) is 11.6. The van der Waals surface area contributed by atoms with Crippen molar-refractivity contribution >= 4 is 11.6 Å². The molecule has 0 aliphatic heterocycles. The predicted molar refractivity (Wildman–Crippen MR) is 77.2 cm³/mol.